The van der Waals surface area contributed by atoms with Gasteiger partial charge in [-0.2, -0.15) is 0 Å². The maximum Gasteiger partial charge on any atom is -0.0380 e. The van der Waals surface area contributed by atoms with Gasteiger partial charge < -0.3 is 0 Å². The molecule has 0 N–H and O–H groups in total. The van der Waals surface area contributed by atoms with Crippen molar-refractivity contribution in [2.75, 3.05) is 0 Å². The second kappa shape index (κ2) is 5.92. The van der Waals surface area contributed by atoms with E-state index in [1.165, 1.54) is 32.1 Å². The first-order valence-electron chi connectivity index (χ1n) is 7.04. The van der Waals surface area contributed by atoms with Crippen LogP contribution in [-0.2, 0) is 0 Å². The fraction of sp³-hybridized carbons (Fsp3) is 1.00. The molecule has 1 aliphatic rings. The average molecular weight is 210 g/mol. The summed E-state index contributed by atoms with van der Waals surface area (Å²) in [7, 11) is 0. The van der Waals surface area contributed by atoms with Crippen molar-refractivity contribution in [3.63, 3.8) is 0 Å². The number of hydrogen-bond acceptors (Lipinski definition) is 0. The van der Waals surface area contributed by atoms with Gasteiger partial charge in [-0.25, -0.2) is 0 Å². The molecule has 0 saturated heterocycles. The Balaban J connectivity index is 2.07. The van der Waals surface area contributed by atoms with Crippen LogP contribution >= 0.6 is 0 Å². The highest BCUT2D eigenvalue weighted by Gasteiger charge is 2.37. The minimum atomic E-state index is 0.876. The summed E-state index contributed by atoms with van der Waals surface area (Å²) in [6, 6.07) is 0. The van der Waals surface area contributed by atoms with E-state index in [-0.39, 0.29) is 0 Å². The number of rotatable bonds is 7. The molecule has 0 aromatic rings. The Labute approximate surface area is 96.8 Å². The van der Waals surface area contributed by atoms with Crippen LogP contribution in [0.3, 0.4) is 0 Å². The van der Waals surface area contributed by atoms with Crippen LogP contribution in [-0.4, -0.2) is 0 Å². The minimum absolute atomic E-state index is 0.876. The fourth-order valence-corrected chi connectivity index (χ4v) is 2.40. The molecular weight excluding hydrogens is 180 g/mol. The lowest BCUT2D eigenvalue weighted by Crippen LogP contribution is -2.05. The molecule has 0 spiro atoms. The molecule has 1 fully saturated rings. The van der Waals surface area contributed by atoms with E-state index in [2.05, 4.69) is 34.6 Å². The van der Waals surface area contributed by atoms with E-state index in [0.29, 0.717) is 0 Å². The molecule has 1 rings (SSSR count). The van der Waals surface area contributed by atoms with E-state index in [1.54, 1.807) is 0 Å². The summed E-state index contributed by atoms with van der Waals surface area (Å²) >= 11 is 0. The molecule has 1 saturated carbocycles. The summed E-state index contributed by atoms with van der Waals surface area (Å²) in [5.74, 6) is 4.95. The molecular formula is C15H30. The standard InChI is InChI=1S/C15H30/c1-6-12(4)7-8-14-10-15(14)9-13(5)11(2)3/h11-15H,6-10H2,1-5H3. The molecule has 4 atom stereocenters. The second-order valence-corrected chi connectivity index (χ2v) is 6.30. The monoisotopic (exact) mass is 210 g/mol. The predicted octanol–water partition coefficient (Wildman–Crippen LogP) is 5.13. The van der Waals surface area contributed by atoms with Crippen molar-refractivity contribution in [1.82, 2.24) is 0 Å². The van der Waals surface area contributed by atoms with E-state index < -0.39 is 0 Å². The lowest BCUT2D eigenvalue weighted by Gasteiger charge is -2.15. The maximum atomic E-state index is 2.43. The first-order valence-corrected chi connectivity index (χ1v) is 7.04. The first-order chi connectivity index (χ1) is 7.04. The van der Waals surface area contributed by atoms with Crippen LogP contribution < -0.4 is 0 Å². The highest BCUT2D eigenvalue weighted by atomic mass is 14.4. The lowest BCUT2D eigenvalue weighted by atomic mass is 9.91. The Morgan fingerprint density at radius 3 is 2.27 bits per heavy atom. The Morgan fingerprint density at radius 1 is 1.07 bits per heavy atom. The summed E-state index contributed by atoms with van der Waals surface area (Å²) in [5, 5.41) is 0. The molecule has 0 amide bonds. The van der Waals surface area contributed by atoms with Gasteiger partial charge in [-0.3, -0.25) is 0 Å². The molecule has 0 heterocycles. The van der Waals surface area contributed by atoms with Crippen LogP contribution in [0.2, 0.25) is 0 Å². The van der Waals surface area contributed by atoms with Gasteiger partial charge in [0.2, 0.25) is 0 Å². The Hall–Kier alpha value is 0. The SMILES string of the molecule is CCC(C)CCC1CC1CC(C)C(C)C. The lowest BCUT2D eigenvalue weighted by molar-refractivity contribution is 0.358. The van der Waals surface area contributed by atoms with Crippen LogP contribution in [0.4, 0.5) is 0 Å². The quantitative estimate of drug-likeness (QED) is 0.546. The molecule has 90 valence electrons. The summed E-state index contributed by atoms with van der Waals surface area (Å²) in [6.07, 6.45) is 7.36. The van der Waals surface area contributed by atoms with E-state index in [4.69, 9.17) is 0 Å². The fourth-order valence-electron chi connectivity index (χ4n) is 2.40. The summed E-state index contributed by atoms with van der Waals surface area (Å²) in [5.41, 5.74) is 0. The molecule has 0 radical (unpaired) electrons. The van der Waals surface area contributed by atoms with Crippen LogP contribution in [0.15, 0.2) is 0 Å². The third-order valence-corrected chi connectivity index (χ3v) is 4.61. The van der Waals surface area contributed by atoms with Crippen LogP contribution in [0.25, 0.3) is 0 Å². The topological polar surface area (TPSA) is 0 Å². The van der Waals surface area contributed by atoms with Gasteiger partial charge in [0.15, 0.2) is 0 Å². The zero-order chi connectivity index (χ0) is 11.4. The Morgan fingerprint density at radius 2 is 1.73 bits per heavy atom. The minimum Gasteiger partial charge on any atom is -0.0651 e. The zero-order valence-corrected chi connectivity index (χ0v) is 11.4. The van der Waals surface area contributed by atoms with Gasteiger partial charge in [0.05, 0.1) is 0 Å². The zero-order valence-electron chi connectivity index (χ0n) is 11.4. The molecule has 0 bridgehead atoms. The molecule has 0 nitrogen and oxygen atoms in total. The van der Waals surface area contributed by atoms with Gasteiger partial charge in [-0.1, -0.05) is 47.5 Å². The van der Waals surface area contributed by atoms with Crippen molar-refractivity contribution in [3.05, 3.63) is 0 Å². The van der Waals surface area contributed by atoms with Crippen LogP contribution in [0, 0.1) is 29.6 Å². The maximum absolute atomic E-state index is 2.43. The molecule has 4 unspecified atom stereocenters. The summed E-state index contributed by atoms with van der Waals surface area (Å²) in [4.78, 5) is 0. The molecule has 0 aliphatic heterocycles. The molecule has 1 aliphatic carbocycles. The van der Waals surface area contributed by atoms with Crippen molar-refractivity contribution >= 4 is 0 Å². The highest BCUT2D eigenvalue weighted by molar-refractivity contribution is 4.87. The molecule has 0 aromatic carbocycles. The van der Waals surface area contributed by atoms with Gasteiger partial charge in [0, 0.05) is 0 Å². The third-order valence-electron chi connectivity index (χ3n) is 4.61. The van der Waals surface area contributed by atoms with E-state index in [9.17, 15) is 0 Å². The Bertz CT molecular complexity index is 171. The van der Waals surface area contributed by atoms with E-state index in [1.807, 2.05) is 0 Å². The highest BCUT2D eigenvalue weighted by Crippen LogP contribution is 2.47. The normalized spacial score (nSPS) is 29.2. The molecule has 0 heteroatoms. The van der Waals surface area contributed by atoms with Gasteiger partial charge in [0.1, 0.15) is 0 Å². The van der Waals surface area contributed by atoms with E-state index in [0.717, 1.165) is 29.6 Å². The van der Waals surface area contributed by atoms with Gasteiger partial charge in [0.25, 0.3) is 0 Å². The van der Waals surface area contributed by atoms with Gasteiger partial charge >= 0.3 is 0 Å². The predicted molar refractivity (Wildman–Crippen MR) is 68.9 cm³/mol. The van der Waals surface area contributed by atoms with Gasteiger partial charge in [-0.05, 0) is 48.9 Å². The van der Waals surface area contributed by atoms with Crippen LogP contribution in [0.1, 0.15) is 66.7 Å². The van der Waals surface area contributed by atoms with Gasteiger partial charge in [-0.15, -0.1) is 0 Å². The largest absolute Gasteiger partial charge is 0.0651 e. The number of hydrogen-bond donors (Lipinski definition) is 0. The second-order valence-electron chi connectivity index (χ2n) is 6.30. The third kappa shape index (κ3) is 4.57. The smallest absolute Gasteiger partial charge is 0.0380 e. The molecule has 0 aromatic heterocycles. The summed E-state index contributed by atoms with van der Waals surface area (Å²) < 4.78 is 0. The average Bonchev–Trinajstić information content (AvgIpc) is 2.92. The van der Waals surface area contributed by atoms with E-state index >= 15 is 0 Å². The van der Waals surface area contributed by atoms with Crippen molar-refractivity contribution in [2.24, 2.45) is 29.6 Å². The van der Waals surface area contributed by atoms with Crippen molar-refractivity contribution in [3.8, 4) is 0 Å². The molecule has 15 heavy (non-hydrogen) atoms. The summed E-state index contributed by atoms with van der Waals surface area (Å²) in [6.45, 7) is 11.9. The van der Waals surface area contributed by atoms with Crippen molar-refractivity contribution < 1.29 is 0 Å². The first kappa shape index (κ1) is 13.1. The van der Waals surface area contributed by atoms with Crippen molar-refractivity contribution in [2.45, 2.75) is 66.7 Å². The van der Waals surface area contributed by atoms with Crippen LogP contribution in [0.5, 0.6) is 0 Å². The Kier molecular flexibility index (Phi) is 5.15. The van der Waals surface area contributed by atoms with Crippen molar-refractivity contribution in [1.29, 1.82) is 0 Å².